The van der Waals surface area contributed by atoms with Crippen molar-refractivity contribution in [3.8, 4) is 0 Å². The van der Waals surface area contributed by atoms with Gasteiger partial charge in [0.05, 0.1) is 5.57 Å². The summed E-state index contributed by atoms with van der Waals surface area (Å²) in [7, 11) is 0. The highest BCUT2D eigenvalue weighted by Gasteiger charge is 2.12. The van der Waals surface area contributed by atoms with Crippen molar-refractivity contribution in [2.75, 3.05) is 0 Å². The molecule has 0 heterocycles. The molecule has 0 aliphatic carbocycles. The molecule has 2 aromatic rings. The van der Waals surface area contributed by atoms with E-state index < -0.39 is 5.97 Å². The molecule has 0 fully saturated rings. The van der Waals surface area contributed by atoms with Crippen LogP contribution in [0.4, 0.5) is 0 Å². The summed E-state index contributed by atoms with van der Waals surface area (Å²) < 4.78 is 0. The SMILES string of the molecule is Cc1ccccc1/C=C(/C(=O)O)c1ccccc1C. The minimum atomic E-state index is -0.905. The Labute approximate surface area is 113 Å². The number of hydrogen-bond acceptors (Lipinski definition) is 1. The molecule has 2 aromatic carbocycles. The minimum Gasteiger partial charge on any atom is -0.478 e. The Morgan fingerprint density at radius 3 is 2.11 bits per heavy atom. The Bertz CT molecular complexity index is 639. The number of carboxylic acid groups (broad SMARTS) is 1. The van der Waals surface area contributed by atoms with Crippen LogP contribution in [-0.4, -0.2) is 11.1 Å². The number of carbonyl (C=O) groups is 1. The van der Waals surface area contributed by atoms with Gasteiger partial charge in [0.25, 0.3) is 0 Å². The van der Waals surface area contributed by atoms with Crippen molar-refractivity contribution in [2.45, 2.75) is 13.8 Å². The van der Waals surface area contributed by atoms with Crippen molar-refractivity contribution in [2.24, 2.45) is 0 Å². The molecular formula is C17H16O2. The van der Waals surface area contributed by atoms with Crippen LogP contribution in [0.1, 0.15) is 22.3 Å². The van der Waals surface area contributed by atoms with Crippen molar-refractivity contribution >= 4 is 17.6 Å². The predicted octanol–water partition coefficient (Wildman–Crippen LogP) is 3.93. The van der Waals surface area contributed by atoms with Crippen molar-refractivity contribution in [1.29, 1.82) is 0 Å². The Balaban J connectivity index is 2.57. The summed E-state index contributed by atoms with van der Waals surface area (Å²) in [6.45, 7) is 3.90. The van der Waals surface area contributed by atoms with Gasteiger partial charge < -0.3 is 5.11 Å². The molecule has 0 saturated carbocycles. The number of hydrogen-bond donors (Lipinski definition) is 1. The first-order valence-electron chi connectivity index (χ1n) is 6.16. The van der Waals surface area contributed by atoms with Gasteiger partial charge in [0.1, 0.15) is 0 Å². The first-order chi connectivity index (χ1) is 9.09. The van der Waals surface area contributed by atoms with E-state index in [9.17, 15) is 9.90 Å². The third kappa shape index (κ3) is 2.91. The minimum absolute atomic E-state index is 0.326. The second-order valence-corrected chi connectivity index (χ2v) is 4.53. The molecule has 0 aromatic heterocycles. The van der Waals surface area contributed by atoms with Gasteiger partial charge in [-0.3, -0.25) is 0 Å². The molecule has 0 bridgehead atoms. The number of carboxylic acids is 1. The Hall–Kier alpha value is -2.35. The molecule has 0 atom stereocenters. The van der Waals surface area contributed by atoms with Gasteiger partial charge in [-0.1, -0.05) is 48.5 Å². The van der Waals surface area contributed by atoms with Crippen LogP contribution in [-0.2, 0) is 4.79 Å². The van der Waals surface area contributed by atoms with E-state index in [4.69, 9.17) is 0 Å². The predicted molar refractivity (Wildman–Crippen MR) is 77.9 cm³/mol. The third-order valence-corrected chi connectivity index (χ3v) is 3.15. The Morgan fingerprint density at radius 1 is 0.947 bits per heavy atom. The van der Waals surface area contributed by atoms with Gasteiger partial charge in [-0.2, -0.15) is 0 Å². The molecule has 19 heavy (non-hydrogen) atoms. The maximum Gasteiger partial charge on any atom is 0.336 e. The topological polar surface area (TPSA) is 37.3 Å². The monoisotopic (exact) mass is 252 g/mol. The first-order valence-corrected chi connectivity index (χ1v) is 6.16. The smallest absolute Gasteiger partial charge is 0.336 e. The summed E-state index contributed by atoms with van der Waals surface area (Å²) in [6.07, 6.45) is 1.74. The number of aryl methyl sites for hydroxylation is 2. The highest BCUT2D eigenvalue weighted by Crippen LogP contribution is 2.23. The van der Waals surface area contributed by atoms with Gasteiger partial charge in [-0.05, 0) is 42.2 Å². The fourth-order valence-electron chi connectivity index (χ4n) is 2.03. The summed E-state index contributed by atoms with van der Waals surface area (Å²) in [6, 6.07) is 15.3. The maximum absolute atomic E-state index is 11.5. The van der Waals surface area contributed by atoms with Crippen LogP contribution in [0, 0.1) is 13.8 Å². The van der Waals surface area contributed by atoms with Gasteiger partial charge in [-0.25, -0.2) is 4.79 Å². The lowest BCUT2D eigenvalue weighted by Crippen LogP contribution is -2.01. The van der Waals surface area contributed by atoms with Crippen molar-refractivity contribution in [3.05, 3.63) is 70.8 Å². The molecule has 1 N–H and O–H groups in total. The largest absolute Gasteiger partial charge is 0.478 e. The number of rotatable bonds is 3. The quantitative estimate of drug-likeness (QED) is 0.664. The molecule has 0 aliphatic heterocycles. The standard InChI is InChI=1S/C17H16O2/c1-12-7-3-5-9-14(12)11-16(17(18)19)15-10-6-4-8-13(15)2/h3-11H,1-2H3,(H,18,19)/b16-11+. The zero-order valence-electron chi connectivity index (χ0n) is 11.1. The number of aliphatic carboxylic acids is 1. The van der Waals surface area contributed by atoms with E-state index in [1.165, 1.54) is 0 Å². The van der Waals surface area contributed by atoms with E-state index in [0.717, 1.165) is 22.3 Å². The van der Waals surface area contributed by atoms with E-state index in [1.807, 2.05) is 62.4 Å². The molecule has 2 nitrogen and oxygen atoms in total. The fourth-order valence-corrected chi connectivity index (χ4v) is 2.03. The summed E-state index contributed by atoms with van der Waals surface area (Å²) in [5.74, 6) is -0.905. The normalized spacial score (nSPS) is 11.4. The van der Waals surface area contributed by atoms with Gasteiger partial charge in [-0.15, -0.1) is 0 Å². The average molecular weight is 252 g/mol. The van der Waals surface area contributed by atoms with Crippen LogP contribution in [0.15, 0.2) is 48.5 Å². The summed E-state index contributed by atoms with van der Waals surface area (Å²) in [5.41, 5.74) is 4.05. The van der Waals surface area contributed by atoms with Crippen LogP contribution in [0.25, 0.3) is 11.6 Å². The number of benzene rings is 2. The zero-order valence-corrected chi connectivity index (χ0v) is 11.1. The second kappa shape index (κ2) is 5.53. The van der Waals surface area contributed by atoms with Crippen molar-refractivity contribution in [3.63, 3.8) is 0 Å². The second-order valence-electron chi connectivity index (χ2n) is 4.53. The fraction of sp³-hybridized carbons (Fsp3) is 0.118. The molecule has 96 valence electrons. The van der Waals surface area contributed by atoms with Crippen molar-refractivity contribution < 1.29 is 9.90 Å². The summed E-state index contributed by atoms with van der Waals surface area (Å²) in [4.78, 5) is 11.5. The van der Waals surface area contributed by atoms with Gasteiger partial charge >= 0.3 is 5.97 Å². The summed E-state index contributed by atoms with van der Waals surface area (Å²) >= 11 is 0. The van der Waals surface area contributed by atoms with Gasteiger partial charge in [0, 0.05) is 0 Å². The third-order valence-electron chi connectivity index (χ3n) is 3.15. The van der Waals surface area contributed by atoms with Crippen LogP contribution >= 0.6 is 0 Å². The molecular weight excluding hydrogens is 236 g/mol. The molecule has 2 rings (SSSR count). The Kier molecular flexibility index (Phi) is 3.81. The van der Waals surface area contributed by atoms with Crippen LogP contribution in [0.2, 0.25) is 0 Å². The lowest BCUT2D eigenvalue weighted by molar-refractivity contribution is -0.130. The molecule has 0 saturated heterocycles. The highest BCUT2D eigenvalue weighted by molar-refractivity contribution is 6.21. The van der Waals surface area contributed by atoms with Gasteiger partial charge in [0.2, 0.25) is 0 Å². The lowest BCUT2D eigenvalue weighted by atomic mass is 9.97. The van der Waals surface area contributed by atoms with E-state index in [-0.39, 0.29) is 0 Å². The van der Waals surface area contributed by atoms with E-state index in [2.05, 4.69) is 0 Å². The van der Waals surface area contributed by atoms with Crippen LogP contribution < -0.4 is 0 Å². The van der Waals surface area contributed by atoms with Gasteiger partial charge in [0.15, 0.2) is 0 Å². The first kappa shape index (κ1) is 13.1. The van der Waals surface area contributed by atoms with E-state index in [0.29, 0.717) is 5.57 Å². The van der Waals surface area contributed by atoms with Crippen LogP contribution in [0.5, 0.6) is 0 Å². The molecule has 0 unspecified atom stereocenters. The lowest BCUT2D eigenvalue weighted by Gasteiger charge is -2.08. The van der Waals surface area contributed by atoms with Crippen molar-refractivity contribution in [1.82, 2.24) is 0 Å². The zero-order chi connectivity index (χ0) is 13.8. The average Bonchev–Trinajstić information content (AvgIpc) is 2.38. The van der Waals surface area contributed by atoms with Crippen LogP contribution in [0.3, 0.4) is 0 Å². The molecule has 0 radical (unpaired) electrons. The Morgan fingerprint density at radius 2 is 1.53 bits per heavy atom. The van der Waals surface area contributed by atoms with E-state index >= 15 is 0 Å². The molecule has 0 amide bonds. The molecule has 0 spiro atoms. The molecule has 0 aliphatic rings. The highest BCUT2D eigenvalue weighted by atomic mass is 16.4. The maximum atomic E-state index is 11.5. The molecule has 2 heteroatoms. The summed E-state index contributed by atoms with van der Waals surface area (Å²) in [5, 5.41) is 9.44. The van der Waals surface area contributed by atoms with E-state index in [1.54, 1.807) is 6.08 Å².